The Balaban J connectivity index is 2.27. The molecular formula is C12H16FN5. The van der Waals surface area contributed by atoms with Crippen molar-refractivity contribution < 1.29 is 4.39 Å². The number of tetrazole rings is 1. The highest BCUT2D eigenvalue weighted by molar-refractivity contribution is 5.71. The third-order valence-electron chi connectivity index (χ3n) is 2.76. The number of anilines is 1. The van der Waals surface area contributed by atoms with Crippen LogP contribution in [-0.2, 0) is 6.54 Å². The summed E-state index contributed by atoms with van der Waals surface area (Å²) in [4.78, 5) is 0. The molecule has 96 valence electrons. The van der Waals surface area contributed by atoms with E-state index in [0.29, 0.717) is 23.6 Å². The molecule has 0 aliphatic carbocycles. The molecule has 0 atom stereocenters. The second-order valence-electron chi connectivity index (χ2n) is 4.16. The molecule has 0 aliphatic rings. The first-order valence-electron chi connectivity index (χ1n) is 6.04. The largest absolute Gasteiger partial charge is 0.398 e. The minimum Gasteiger partial charge on any atom is -0.398 e. The molecule has 2 N–H and O–H groups in total. The average Bonchev–Trinajstić information content (AvgIpc) is 2.81. The first-order valence-corrected chi connectivity index (χ1v) is 6.04. The maximum atomic E-state index is 13.2. The van der Waals surface area contributed by atoms with E-state index in [-0.39, 0.29) is 5.82 Å². The van der Waals surface area contributed by atoms with E-state index in [2.05, 4.69) is 22.4 Å². The molecule has 0 saturated carbocycles. The summed E-state index contributed by atoms with van der Waals surface area (Å²) >= 11 is 0. The molecule has 0 bridgehead atoms. The molecule has 0 aliphatic heterocycles. The fraction of sp³-hybridized carbons (Fsp3) is 0.417. The van der Waals surface area contributed by atoms with Crippen LogP contribution in [0.5, 0.6) is 0 Å². The van der Waals surface area contributed by atoms with Crippen LogP contribution in [-0.4, -0.2) is 20.2 Å². The number of rotatable bonds is 5. The van der Waals surface area contributed by atoms with Crippen molar-refractivity contribution >= 4 is 5.69 Å². The van der Waals surface area contributed by atoms with Gasteiger partial charge in [-0.3, -0.25) is 0 Å². The highest BCUT2D eigenvalue weighted by Crippen LogP contribution is 2.24. The van der Waals surface area contributed by atoms with Crippen LogP contribution in [0.15, 0.2) is 18.2 Å². The van der Waals surface area contributed by atoms with Crippen LogP contribution in [0.1, 0.15) is 26.2 Å². The smallest absolute Gasteiger partial charge is 0.184 e. The topological polar surface area (TPSA) is 69.6 Å². The lowest BCUT2D eigenvalue weighted by Gasteiger charge is -2.06. The highest BCUT2D eigenvalue weighted by atomic mass is 19.1. The zero-order valence-electron chi connectivity index (χ0n) is 10.3. The Morgan fingerprint density at radius 2 is 2.17 bits per heavy atom. The molecule has 0 fully saturated rings. The molecule has 2 aromatic rings. The van der Waals surface area contributed by atoms with Crippen LogP contribution < -0.4 is 5.73 Å². The van der Waals surface area contributed by atoms with Crippen LogP contribution in [0.4, 0.5) is 10.1 Å². The summed E-state index contributed by atoms with van der Waals surface area (Å²) in [5.74, 6) is 0.172. The Labute approximate surface area is 105 Å². The fourth-order valence-corrected chi connectivity index (χ4v) is 1.78. The minimum atomic E-state index is -0.345. The van der Waals surface area contributed by atoms with Gasteiger partial charge in [0, 0.05) is 17.8 Å². The molecule has 0 spiro atoms. The Hall–Kier alpha value is -1.98. The average molecular weight is 249 g/mol. The molecular weight excluding hydrogens is 233 g/mol. The van der Waals surface area contributed by atoms with Gasteiger partial charge in [0.2, 0.25) is 0 Å². The normalized spacial score (nSPS) is 10.8. The molecule has 0 amide bonds. The van der Waals surface area contributed by atoms with Gasteiger partial charge in [0.1, 0.15) is 5.82 Å². The first-order chi connectivity index (χ1) is 8.72. The zero-order valence-corrected chi connectivity index (χ0v) is 10.3. The second kappa shape index (κ2) is 5.57. The van der Waals surface area contributed by atoms with Crippen molar-refractivity contribution in [2.24, 2.45) is 0 Å². The van der Waals surface area contributed by atoms with Crippen LogP contribution >= 0.6 is 0 Å². The highest BCUT2D eigenvalue weighted by Gasteiger charge is 2.12. The number of benzene rings is 1. The molecule has 18 heavy (non-hydrogen) atoms. The van der Waals surface area contributed by atoms with E-state index < -0.39 is 0 Å². The van der Waals surface area contributed by atoms with Crippen molar-refractivity contribution in [2.75, 3.05) is 5.73 Å². The third-order valence-corrected chi connectivity index (χ3v) is 2.76. The van der Waals surface area contributed by atoms with Crippen LogP contribution in [0.2, 0.25) is 0 Å². The molecule has 1 aromatic carbocycles. The maximum Gasteiger partial charge on any atom is 0.184 e. The van der Waals surface area contributed by atoms with Gasteiger partial charge in [-0.25, -0.2) is 9.07 Å². The summed E-state index contributed by atoms with van der Waals surface area (Å²) in [6.45, 7) is 2.84. The monoisotopic (exact) mass is 249 g/mol. The second-order valence-corrected chi connectivity index (χ2v) is 4.16. The maximum absolute atomic E-state index is 13.2. The van der Waals surface area contributed by atoms with Gasteiger partial charge in [-0.2, -0.15) is 0 Å². The molecule has 6 heteroatoms. The van der Waals surface area contributed by atoms with E-state index in [1.807, 2.05) is 0 Å². The Bertz CT molecular complexity index is 523. The molecule has 0 radical (unpaired) electrons. The van der Waals surface area contributed by atoms with Gasteiger partial charge >= 0.3 is 0 Å². The lowest BCUT2D eigenvalue weighted by Crippen LogP contribution is -2.04. The Morgan fingerprint density at radius 1 is 1.33 bits per heavy atom. The summed E-state index contributed by atoms with van der Waals surface area (Å²) in [6, 6.07) is 4.21. The predicted molar refractivity (Wildman–Crippen MR) is 67.1 cm³/mol. The molecule has 1 heterocycles. The summed E-state index contributed by atoms with van der Waals surface area (Å²) in [5.41, 5.74) is 6.84. The molecule has 2 rings (SSSR count). The van der Waals surface area contributed by atoms with E-state index in [4.69, 9.17) is 5.73 Å². The number of hydrogen-bond acceptors (Lipinski definition) is 4. The van der Waals surface area contributed by atoms with E-state index in [1.165, 1.54) is 18.2 Å². The van der Waals surface area contributed by atoms with E-state index in [9.17, 15) is 4.39 Å². The van der Waals surface area contributed by atoms with E-state index in [0.717, 1.165) is 19.3 Å². The van der Waals surface area contributed by atoms with Crippen molar-refractivity contribution in [3.05, 3.63) is 24.0 Å². The number of aromatic nitrogens is 4. The first kappa shape index (κ1) is 12.5. The van der Waals surface area contributed by atoms with Crippen LogP contribution in [0, 0.1) is 5.82 Å². The lowest BCUT2D eigenvalue weighted by molar-refractivity contribution is 0.541. The van der Waals surface area contributed by atoms with Crippen molar-refractivity contribution in [2.45, 2.75) is 32.7 Å². The number of nitrogens with zero attached hydrogens (tertiary/aromatic N) is 4. The van der Waals surface area contributed by atoms with Gasteiger partial charge in [0.15, 0.2) is 5.82 Å². The van der Waals surface area contributed by atoms with Crippen LogP contribution in [0.3, 0.4) is 0 Å². The van der Waals surface area contributed by atoms with Gasteiger partial charge in [0.25, 0.3) is 0 Å². The Morgan fingerprint density at radius 3 is 2.94 bits per heavy atom. The lowest BCUT2D eigenvalue weighted by atomic mass is 10.1. The minimum absolute atomic E-state index is 0.345. The predicted octanol–water partition coefficient (Wildman–Crippen LogP) is 2.25. The quantitative estimate of drug-likeness (QED) is 0.651. The number of unbranched alkanes of at least 4 members (excludes halogenated alkanes) is 2. The summed E-state index contributed by atoms with van der Waals surface area (Å²) in [7, 11) is 0. The summed E-state index contributed by atoms with van der Waals surface area (Å²) < 4.78 is 14.9. The molecule has 1 aromatic heterocycles. The van der Waals surface area contributed by atoms with Gasteiger partial charge in [-0.05, 0) is 35.0 Å². The van der Waals surface area contributed by atoms with E-state index in [1.54, 1.807) is 4.68 Å². The van der Waals surface area contributed by atoms with Gasteiger partial charge < -0.3 is 5.73 Å². The SMILES string of the molecule is CCCCCn1nnnc1-c1cc(F)ccc1N. The third kappa shape index (κ3) is 2.64. The fourth-order valence-electron chi connectivity index (χ4n) is 1.78. The zero-order chi connectivity index (χ0) is 13.0. The summed E-state index contributed by atoms with van der Waals surface area (Å²) in [5, 5.41) is 11.5. The molecule has 0 unspecified atom stereocenters. The van der Waals surface area contributed by atoms with Crippen molar-refractivity contribution in [1.29, 1.82) is 0 Å². The van der Waals surface area contributed by atoms with Crippen LogP contribution in [0.25, 0.3) is 11.4 Å². The number of halogens is 1. The molecule has 5 nitrogen and oxygen atoms in total. The standard InChI is InChI=1S/C12H16FN5/c1-2-3-4-7-18-12(15-16-17-18)10-8-9(13)5-6-11(10)14/h5-6,8H,2-4,7,14H2,1H3. The number of hydrogen-bond donors (Lipinski definition) is 1. The number of aryl methyl sites for hydroxylation is 1. The Kier molecular flexibility index (Phi) is 3.86. The van der Waals surface area contributed by atoms with Gasteiger partial charge in [-0.1, -0.05) is 19.8 Å². The van der Waals surface area contributed by atoms with Gasteiger partial charge in [-0.15, -0.1) is 5.10 Å². The number of nitrogen functional groups attached to an aromatic ring is 1. The molecule has 0 saturated heterocycles. The number of nitrogens with two attached hydrogens (primary N) is 1. The summed E-state index contributed by atoms with van der Waals surface area (Å²) in [6.07, 6.45) is 3.22. The van der Waals surface area contributed by atoms with Crippen molar-refractivity contribution in [3.8, 4) is 11.4 Å². The van der Waals surface area contributed by atoms with Crippen molar-refractivity contribution in [3.63, 3.8) is 0 Å². The van der Waals surface area contributed by atoms with E-state index >= 15 is 0 Å². The van der Waals surface area contributed by atoms with Gasteiger partial charge in [0.05, 0.1) is 0 Å². The van der Waals surface area contributed by atoms with Crippen molar-refractivity contribution in [1.82, 2.24) is 20.2 Å².